The van der Waals surface area contributed by atoms with E-state index in [2.05, 4.69) is 10.1 Å². The second kappa shape index (κ2) is 8.59. The Bertz CT molecular complexity index is 951. The predicted octanol–water partition coefficient (Wildman–Crippen LogP) is 1.06. The van der Waals surface area contributed by atoms with Gasteiger partial charge in [0.25, 0.3) is 5.91 Å². The molecule has 1 atom stereocenters. The molecule has 30 heavy (non-hydrogen) atoms. The lowest BCUT2D eigenvalue weighted by molar-refractivity contribution is -0.144. The van der Waals surface area contributed by atoms with Gasteiger partial charge in [-0.05, 0) is 38.3 Å². The number of fused-ring (bicyclic) bond motifs is 1. The minimum Gasteiger partial charge on any atom is -0.466 e. The van der Waals surface area contributed by atoms with Crippen LogP contribution in [-0.4, -0.2) is 82.4 Å². The van der Waals surface area contributed by atoms with Crippen molar-refractivity contribution in [2.45, 2.75) is 26.7 Å². The monoisotopic (exact) mass is 415 g/mol. The molecule has 9 nitrogen and oxygen atoms in total. The number of hydrogen-bond donors (Lipinski definition) is 0. The standard InChI is InChI=1S/C21H29N5O4/c1-14-11-15(2)22-19-18(14)20(23-24(19)3)30-13-17(27)26-6-4-5-16(12-26)21(28)25-7-9-29-10-8-25/h11,16H,4-10,12-13H2,1-3H3. The summed E-state index contributed by atoms with van der Waals surface area (Å²) < 4.78 is 12.8. The first kappa shape index (κ1) is 20.6. The van der Waals surface area contributed by atoms with Gasteiger partial charge in [-0.1, -0.05) is 0 Å². The van der Waals surface area contributed by atoms with Gasteiger partial charge in [0.2, 0.25) is 11.8 Å². The van der Waals surface area contributed by atoms with Gasteiger partial charge < -0.3 is 19.3 Å². The molecule has 0 bridgehead atoms. The summed E-state index contributed by atoms with van der Waals surface area (Å²) in [7, 11) is 1.81. The van der Waals surface area contributed by atoms with Gasteiger partial charge in [0.05, 0.1) is 24.5 Å². The maximum atomic E-state index is 12.8. The molecule has 2 aliphatic rings. The minimum atomic E-state index is -0.147. The Morgan fingerprint density at radius 2 is 1.97 bits per heavy atom. The van der Waals surface area contributed by atoms with Gasteiger partial charge in [-0.15, -0.1) is 5.10 Å². The summed E-state index contributed by atoms with van der Waals surface area (Å²) in [6, 6.07) is 1.98. The highest BCUT2D eigenvalue weighted by atomic mass is 16.5. The van der Waals surface area contributed by atoms with Crippen molar-refractivity contribution in [1.29, 1.82) is 0 Å². The van der Waals surface area contributed by atoms with Crippen LogP contribution in [-0.2, 0) is 21.4 Å². The molecule has 0 aliphatic carbocycles. The maximum absolute atomic E-state index is 12.8. The van der Waals surface area contributed by atoms with Crippen molar-refractivity contribution in [3.8, 4) is 5.88 Å². The number of pyridine rings is 1. The van der Waals surface area contributed by atoms with Gasteiger partial charge in [-0.2, -0.15) is 0 Å². The number of likely N-dealkylation sites (tertiary alicyclic amines) is 1. The average molecular weight is 415 g/mol. The van der Waals surface area contributed by atoms with Crippen LogP contribution in [0.2, 0.25) is 0 Å². The van der Waals surface area contributed by atoms with Gasteiger partial charge in [0.15, 0.2) is 12.3 Å². The summed E-state index contributed by atoms with van der Waals surface area (Å²) in [6.07, 6.45) is 1.64. The van der Waals surface area contributed by atoms with Crippen LogP contribution in [0.25, 0.3) is 11.0 Å². The first-order valence-electron chi connectivity index (χ1n) is 10.5. The molecule has 0 saturated carbocycles. The molecule has 2 saturated heterocycles. The van der Waals surface area contributed by atoms with Crippen molar-refractivity contribution in [2.24, 2.45) is 13.0 Å². The molecule has 2 amide bonds. The lowest BCUT2D eigenvalue weighted by Gasteiger charge is -2.36. The van der Waals surface area contributed by atoms with E-state index in [1.54, 1.807) is 9.58 Å². The molecule has 0 radical (unpaired) electrons. The summed E-state index contributed by atoms with van der Waals surface area (Å²) in [6.45, 7) is 7.35. The zero-order chi connectivity index (χ0) is 21.3. The normalized spacial score (nSPS) is 19.9. The van der Waals surface area contributed by atoms with Crippen LogP contribution in [0.15, 0.2) is 6.07 Å². The number of hydrogen-bond acceptors (Lipinski definition) is 6. The largest absolute Gasteiger partial charge is 0.466 e. The van der Waals surface area contributed by atoms with Crippen molar-refractivity contribution in [3.05, 3.63) is 17.3 Å². The summed E-state index contributed by atoms with van der Waals surface area (Å²) in [5, 5.41) is 5.23. The van der Waals surface area contributed by atoms with Crippen LogP contribution in [0.3, 0.4) is 0 Å². The number of piperidine rings is 1. The Hall–Kier alpha value is -2.68. The third-order valence-corrected chi connectivity index (χ3v) is 5.87. The first-order valence-corrected chi connectivity index (χ1v) is 10.5. The summed E-state index contributed by atoms with van der Waals surface area (Å²) in [5.74, 6) is 0.283. The van der Waals surface area contributed by atoms with Crippen molar-refractivity contribution >= 4 is 22.8 Å². The molecule has 2 aliphatic heterocycles. The van der Waals surface area contributed by atoms with E-state index in [0.717, 1.165) is 35.1 Å². The fourth-order valence-electron chi connectivity index (χ4n) is 4.32. The number of amides is 2. The van der Waals surface area contributed by atoms with E-state index in [0.29, 0.717) is 45.3 Å². The number of carbonyl (C=O) groups is 2. The minimum absolute atomic E-state index is 0.0993. The van der Waals surface area contributed by atoms with E-state index in [4.69, 9.17) is 9.47 Å². The molecule has 2 aromatic heterocycles. The van der Waals surface area contributed by atoms with E-state index in [1.165, 1.54) is 0 Å². The Morgan fingerprint density at radius 1 is 1.20 bits per heavy atom. The molecule has 0 aromatic carbocycles. The third kappa shape index (κ3) is 4.12. The molecule has 2 fully saturated rings. The molecule has 0 spiro atoms. The molecule has 0 N–H and O–H groups in total. The number of aromatic nitrogens is 3. The molecule has 162 valence electrons. The highest BCUT2D eigenvalue weighted by Crippen LogP contribution is 2.27. The Morgan fingerprint density at radius 3 is 2.73 bits per heavy atom. The summed E-state index contributed by atoms with van der Waals surface area (Å²) in [4.78, 5) is 33.7. The van der Waals surface area contributed by atoms with Crippen LogP contribution < -0.4 is 4.74 Å². The molecule has 2 aromatic rings. The smallest absolute Gasteiger partial charge is 0.260 e. The van der Waals surface area contributed by atoms with Gasteiger partial charge >= 0.3 is 0 Å². The molecule has 4 rings (SSSR count). The third-order valence-electron chi connectivity index (χ3n) is 5.87. The Balaban J connectivity index is 1.39. The zero-order valence-corrected chi connectivity index (χ0v) is 17.9. The number of rotatable bonds is 4. The SMILES string of the molecule is Cc1cc(C)c2c(OCC(=O)N3CCCC(C(=O)N4CCOCC4)C3)nn(C)c2n1. The predicted molar refractivity (Wildman–Crippen MR) is 110 cm³/mol. The summed E-state index contributed by atoms with van der Waals surface area (Å²) >= 11 is 0. The zero-order valence-electron chi connectivity index (χ0n) is 17.9. The number of ether oxygens (including phenoxy) is 2. The van der Waals surface area contributed by atoms with E-state index >= 15 is 0 Å². The first-order chi connectivity index (χ1) is 14.4. The van der Waals surface area contributed by atoms with Crippen molar-refractivity contribution in [2.75, 3.05) is 46.0 Å². The Labute approximate surface area is 175 Å². The highest BCUT2D eigenvalue weighted by Gasteiger charge is 2.32. The second-order valence-corrected chi connectivity index (χ2v) is 8.11. The fraction of sp³-hybridized carbons (Fsp3) is 0.619. The molecular formula is C21H29N5O4. The lowest BCUT2D eigenvalue weighted by Crippen LogP contribution is -2.50. The van der Waals surface area contributed by atoms with E-state index in [9.17, 15) is 9.59 Å². The van der Waals surface area contributed by atoms with Crippen LogP contribution in [0.4, 0.5) is 0 Å². The average Bonchev–Trinajstić information content (AvgIpc) is 3.08. The van der Waals surface area contributed by atoms with Crippen LogP contribution >= 0.6 is 0 Å². The van der Waals surface area contributed by atoms with Crippen LogP contribution in [0, 0.1) is 19.8 Å². The molecular weight excluding hydrogens is 386 g/mol. The highest BCUT2D eigenvalue weighted by molar-refractivity contribution is 5.86. The van der Waals surface area contributed by atoms with Gasteiger partial charge in [-0.25, -0.2) is 9.67 Å². The van der Waals surface area contributed by atoms with Crippen LogP contribution in [0.5, 0.6) is 5.88 Å². The van der Waals surface area contributed by atoms with Gasteiger partial charge in [0, 0.05) is 38.9 Å². The number of nitrogens with zero attached hydrogens (tertiary/aromatic N) is 5. The maximum Gasteiger partial charge on any atom is 0.260 e. The lowest BCUT2D eigenvalue weighted by atomic mass is 9.96. The van der Waals surface area contributed by atoms with Crippen molar-refractivity contribution < 1.29 is 19.1 Å². The van der Waals surface area contributed by atoms with Gasteiger partial charge in [-0.3, -0.25) is 9.59 Å². The van der Waals surface area contributed by atoms with Crippen molar-refractivity contribution in [3.63, 3.8) is 0 Å². The molecule has 1 unspecified atom stereocenters. The number of morpholine rings is 1. The topological polar surface area (TPSA) is 89.8 Å². The fourth-order valence-corrected chi connectivity index (χ4v) is 4.32. The number of carbonyl (C=O) groups excluding carboxylic acids is 2. The Kier molecular flexibility index (Phi) is 5.90. The second-order valence-electron chi connectivity index (χ2n) is 8.11. The molecule has 4 heterocycles. The quantitative estimate of drug-likeness (QED) is 0.742. The van der Waals surface area contributed by atoms with E-state index < -0.39 is 0 Å². The molecule has 9 heteroatoms. The van der Waals surface area contributed by atoms with Crippen LogP contribution in [0.1, 0.15) is 24.1 Å². The van der Waals surface area contributed by atoms with Crippen molar-refractivity contribution in [1.82, 2.24) is 24.6 Å². The summed E-state index contributed by atoms with van der Waals surface area (Å²) in [5.41, 5.74) is 2.67. The number of aryl methyl sites for hydroxylation is 3. The van der Waals surface area contributed by atoms with E-state index in [-0.39, 0.29) is 24.3 Å². The van der Waals surface area contributed by atoms with E-state index in [1.807, 2.05) is 31.9 Å². The van der Waals surface area contributed by atoms with Gasteiger partial charge in [0.1, 0.15) is 0 Å².